The number of aliphatic hydroxyl groups excluding tert-OH is 1. The maximum absolute atomic E-state index is 11.9. The molecule has 4 N–H and O–H groups in total. The monoisotopic (exact) mass is 356 g/mol. The average Bonchev–Trinajstić information content (AvgIpc) is 2.39. The number of rotatable bonds is 7. The summed E-state index contributed by atoms with van der Waals surface area (Å²) in [7, 11) is 0. The molecule has 0 aromatic heterocycles. The van der Waals surface area contributed by atoms with Gasteiger partial charge < -0.3 is 16.2 Å². The van der Waals surface area contributed by atoms with Crippen molar-refractivity contribution < 1.29 is 14.7 Å². The summed E-state index contributed by atoms with van der Waals surface area (Å²) >= 11 is 3.33. The number of carbonyl (C=O) groups is 2. The van der Waals surface area contributed by atoms with Crippen LogP contribution in [0.2, 0.25) is 0 Å². The highest BCUT2D eigenvalue weighted by atomic mass is 79.9. The topological polar surface area (TPSA) is 92.4 Å². The summed E-state index contributed by atoms with van der Waals surface area (Å²) in [5, 5.41) is 12.3. The van der Waals surface area contributed by atoms with Crippen molar-refractivity contribution in [1.82, 2.24) is 5.32 Å². The second-order valence-electron chi connectivity index (χ2n) is 5.44. The fraction of sp³-hybridized carbons (Fsp3) is 0.467. The number of primary amides is 1. The molecular formula is C15H21BrN2O3. The minimum Gasteiger partial charge on any atom is -0.383 e. The number of halogens is 1. The largest absolute Gasteiger partial charge is 0.383 e. The first-order chi connectivity index (χ1) is 9.79. The fourth-order valence-electron chi connectivity index (χ4n) is 1.90. The third-order valence-electron chi connectivity index (χ3n) is 3.01. The van der Waals surface area contributed by atoms with Crippen LogP contribution in [0.3, 0.4) is 0 Å². The summed E-state index contributed by atoms with van der Waals surface area (Å²) in [6.45, 7) is 3.81. The lowest BCUT2D eigenvalue weighted by Crippen LogP contribution is -2.49. The van der Waals surface area contributed by atoms with Crippen molar-refractivity contribution in [1.29, 1.82) is 0 Å². The first-order valence-corrected chi connectivity index (χ1v) is 7.61. The van der Waals surface area contributed by atoms with Crippen LogP contribution in [0.5, 0.6) is 0 Å². The third-order valence-corrected chi connectivity index (χ3v) is 3.54. The lowest BCUT2D eigenvalue weighted by molar-refractivity contribution is -0.133. The van der Waals surface area contributed by atoms with Crippen LogP contribution in [0.15, 0.2) is 28.7 Å². The number of nitrogens with two attached hydrogens (primary N) is 1. The predicted octanol–water partition coefficient (Wildman–Crippen LogP) is 1.37. The highest BCUT2D eigenvalue weighted by Crippen LogP contribution is 2.12. The van der Waals surface area contributed by atoms with Crippen LogP contribution in [0.4, 0.5) is 0 Å². The van der Waals surface area contributed by atoms with Gasteiger partial charge in [0.25, 0.3) is 0 Å². The molecule has 0 aliphatic heterocycles. The SMILES string of the molecule is CC(C)C[C@@H](O)C(=O)N[C@H](Cc1ccc(Br)cc1)C(N)=O. The van der Waals surface area contributed by atoms with Gasteiger partial charge in [0.1, 0.15) is 12.1 Å². The van der Waals surface area contributed by atoms with Crippen LogP contribution in [-0.4, -0.2) is 29.1 Å². The number of amides is 2. The molecule has 21 heavy (non-hydrogen) atoms. The second kappa shape index (κ2) is 8.14. The van der Waals surface area contributed by atoms with Gasteiger partial charge in [0.2, 0.25) is 11.8 Å². The normalized spacial score (nSPS) is 13.8. The van der Waals surface area contributed by atoms with Gasteiger partial charge in [0, 0.05) is 10.9 Å². The smallest absolute Gasteiger partial charge is 0.249 e. The molecule has 0 heterocycles. The van der Waals surface area contributed by atoms with E-state index in [2.05, 4.69) is 21.2 Å². The zero-order valence-corrected chi connectivity index (χ0v) is 13.8. The first-order valence-electron chi connectivity index (χ1n) is 6.81. The zero-order valence-electron chi connectivity index (χ0n) is 12.2. The van der Waals surface area contributed by atoms with Gasteiger partial charge in [-0.05, 0) is 30.0 Å². The Kier molecular flexibility index (Phi) is 6.84. The molecule has 6 heteroatoms. The number of aliphatic hydroxyl groups is 1. The van der Waals surface area contributed by atoms with E-state index >= 15 is 0 Å². The van der Waals surface area contributed by atoms with Crippen molar-refractivity contribution in [2.45, 2.75) is 38.8 Å². The summed E-state index contributed by atoms with van der Waals surface area (Å²) in [6.07, 6.45) is -0.491. The summed E-state index contributed by atoms with van der Waals surface area (Å²) in [5.41, 5.74) is 6.20. The van der Waals surface area contributed by atoms with Crippen molar-refractivity contribution in [3.05, 3.63) is 34.3 Å². The summed E-state index contributed by atoms with van der Waals surface area (Å²) in [5.74, 6) is -1.00. The van der Waals surface area contributed by atoms with Gasteiger partial charge in [-0.2, -0.15) is 0 Å². The van der Waals surface area contributed by atoms with Crippen LogP contribution in [0.1, 0.15) is 25.8 Å². The second-order valence-corrected chi connectivity index (χ2v) is 6.36. The fourth-order valence-corrected chi connectivity index (χ4v) is 2.16. The molecular weight excluding hydrogens is 336 g/mol. The lowest BCUT2D eigenvalue weighted by Gasteiger charge is -2.19. The Morgan fingerprint density at radius 2 is 1.86 bits per heavy atom. The summed E-state index contributed by atoms with van der Waals surface area (Å²) in [4.78, 5) is 23.3. The number of nitrogens with one attached hydrogen (secondary N) is 1. The van der Waals surface area contributed by atoms with Gasteiger partial charge in [-0.15, -0.1) is 0 Å². The van der Waals surface area contributed by atoms with Crippen molar-refractivity contribution >= 4 is 27.7 Å². The van der Waals surface area contributed by atoms with Crippen molar-refractivity contribution in [3.8, 4) is 0 Å². The molecule has 0 bridgehead atoms. The number of hydrogen-bond donors (Lipinski definition) is 3. The van der Waals surface area contributed by atoms with Gasteiger partial charge in [0.15, 0.2) is 0 Å². The Bertz CT molecular complexity index is 488. The predicted molar refractivity (Wildman–Crippen MR) is 84.4 cm³/mol. The Morgan fingerprint density at radius 3 is 2.33 bits per heavy atom. The van der Waals surface area contributed by atoms with Gasteiger partial charge >= 0.3 is 0 Å². The number of benzene rings is 1. The van der Waals surface area contributed by atoms with E-state index in [0.29, 0.717) is 12.8 Å². The molecule has 0 saturated heterocycles. The van der Waals surface area contributed by atoms with Gasteiger partial charge in [0.05, 0.1) is 0 Å². The van der Waals surface area contributed by atoms with Crippen LogP contribution in [0.25, 0.3) is 0 Å². The molecule has 0 spiro atoms. The van der Waals surface area contributed by atoms with E-state index in [1.165, 1.54) is 0 Å². The Balaban J connectivity index is 2.67. The van der Waals surface area contributed by atoms with E-state index in [1.807, 2.05) is 38.1 Å². The minimum absolute atomic E-state index is 0.184. The van der Waals surface area contributed by atoms with Crippen molar-refractivity contribution in [3.63, 3.8) is 0 Å². The van der Waals surface area contributed by atoms with E-state index in [9.17, 15) is 14.7 Å². The molecule has 0 aliphatic rings. The van der Waals surface area contributed by atoms with Crippen LogP contribution in [-0.2, 0) is 16.0 Å². The van der Waals surface area contributed by atoms with Crippen LogP contribution < -0.4 is 11.1 Å². The molecule has 0 unspecified atom stereocenters. The van der Waals surface area contributed by atoms with E-state index in [-0.39, 0.29) is 5.92 Å². The zero-order chi connectivity index (χ0) is 16.0. The molecule has 0 aliphatic carbocycles. The summed E-state index contributed by atoms with van der Waals surface area (Å²) < 4.78 is 0.929. The average molecular weight is 357 g/mol. The molecule has 5 nitrogen and oxygen atoms in total. The maximum Gasteiger partial charge on any atom is 0.249 e. The van der Waals surface area contributed by atoms with Crippen LogP contribution >= 0.6 is 15.9 Å². The van der Waals surface area contributed by atoms with Crippen molar-refractivity contribution in [2.24, 2.45) is 11.7 Å². The van der Waals surface area contributed by atoms with E-state index in [0.717, 1.165) is 10.0 Å². The molecule has 2 amide bonds. The molecule has 2 atom stereocenters. The third kappa shape index (κ3) is 6.27. The quantitative estimate of drug-likeness (QED) is 0.688. The number of carbonyl (C=O) groups excluding carboxylic acids is 2. The van der Waals surface area contributed by atoms with Crippen molar-refractivity contribution in [2.75, 3.05) is 0 Å². The Hall–Kier alpha value is -1.40. The van der Waals surface area contributed by atoms with Crippen LogP contribution in [0, 0.1) is 5.92 Å². The Labute approximate surface area is 133 Å². The van der Waals surface area contributed by atoms with Gasteiger partial charge in [-0.1, -0.05) is 41.9 Å². The maximum atomic E-state index is 11.9. The molecule has 0 radical (unpaired) electrons. The van der Waals surface area contributed by atoms with Gasteiger partial charge in [-0.3, -0.25) is 9.59 Å². The lowest BCUT2D eigenvalue weighted by atomic mass is 10.0. The molecule has 1 aromatic carbocycles. The number of hydrogen-bond acceptors (Lipinski definition) is 3. The molecule has 1 rings (SSSR count). The van der Waals surface area contributed by atoms with Gasteiger partial charge in [-0.25, -0.2) is 0 Å². The van der Waals surface area contributed by atoms with E-state index in [4.69, 9.17) is 5.73 Å². The standard InChI is InChI=1S/C15H21BrN2O3/c1-9(2)7-13(19)15(21)18-12(14(17)20)8-10-3-5-11(16)6-4-10/h3-6,9,12-13,19H,7-8H2,1-2H3,(H2,17,20)(H,18,21)/t12-,13-/m1/s1. The highest BCUT2D eigenvalue weighted by Gasteiger charge is 2.23. The first kappa shape index (κ1) is 17.7. The molecule has 1 aromatic rings. The van der Waals surface area contributed by atoms with E-state index < -0.39 is 24.0 Å². The Morgan fingerprint density at radius 1 is 1.29 bits per heavy atom. The molecule has 0 fully saturated rings. The minimum atomic E-state index is -1.13. The summed E-state index contributed by atoms with van der Waals surface area (Å²) in [6, 6.07) is 6.56. The molecule has 0 saturated carbocycles. The highest BCUT2D eigenvalue weighted by molar-refractivity contribution is 9.10. The van der Waals surface area contributed by atoms with E-state index in [1.54, 1.807) is 0 Å². The molecule has 116 valence electrons.